The number of hydrogen-bond donors (Lipinski definition) is 1. The third kappa shape index (κ3) is 7.28. The SMILES string of the molecule is CCOP(=O)(OCC)C(Nc1ccc(Br)cc1)c1ccc(OCc2nc3ccccc3c(=O)n2-c2ccc(F)cc2)c(OC)c1. The number of nitrogens with zero attached hydrogens (tertiary/aromatic N) is 2. The topological polar surface area (TPSA) is 101 Å². The summed E-state index contributed by atoms with van der Waals surface area (Å²) in [4.78, 5) is 18.2. The third-order valence-electron chi connectivity index (χ3n) is 6.87. The predicted molar refractivity (Wildman–Crippen MR) is 176 cm³/mol. The van der Waals surface area contributed by atoms with E-state index in [2.05, 4.69) is 21.2 Å². The van der Waals surface area contributed by atoms with Crippen LogP contribution in [0.15, 0.2) is 100 Å². The van der Waals surface area contributed by atoms with Gasteiger partial charge in [0.1, 0.15) is 12.4 Å². The molecule has 0 aliphatic heterocycles. The van der Waals surface area contributed by atoms with Crippen molar-refractivity contribution in [2.24, 2.45) is 0 Å². The number of halogens is 2. The molecule has 0 aliphatic rings. The first-order chi connectivity index (χ1) is 21.8. The molecule has 1 heterocycles. The minimum Gasteiger partial charge on any atom is -0.493 e. The molecule has 5 rings (SSSR count). The maximum absolute atomic E-state index is 14.1. The monoisotopic (exact) mass is 695 g/mol. The number of ether oxygens (including phenoxy) is 2. The van der Waals surface area contributed by atoms with Crippen LogP contribution >= 0.6 is 23.5 Å². The van der Waals surface area contributed by atoms with Crippen LogP contribution in [-0.4, -0.2) is 29.9 Å². The fourth-order valence-corrected chi connectivity index (χ4v) is 7.03. The van der Waals surface area contributed by atoms with E-state index in [-0.39, 0.29) is 25.4 Å². The summed E-state index contributed by atoms with van der Waals surface area (Å²) >= 11 is 3.44. The molecule has 234 valence electrons. The van der Waals surface area contributed by atoms with Crippen LogP contribution in [0.1, 0.15) is 31.0 Å². The second kappa shape index (κ2) is 14.4. The first-order valence-electron chi connectivity index (χ1n) is 14.2. The summed E-state index contributed by atoms with van der Waals surface area (Å²) in [5.41, 5.74) is 1.94. The zero-order valence-electron chi connectivity index (χ0n) is 24.9. The molecule has 0 bridgehead atoms. The van der Waals surface area contributed by atoms with Gasteiger partial charge in [0.15, 0.2) is 23.1 Å². The molecule has 0 saturated heterocycles. The summed E-state index contributed by atoms with van der Waals surface area (Å²) in [5, 5.41) is 3.73. The van der Waals surface area contributed by atoms with Gasteiger partial charge < -0.3 is 23.8 Å². The van der Waals surface area contributed by atoms with E-state index in [9.17, 15) is 13.8 Å². The van der Waals surface area contributed by atoms with E-state index in [1.165, 1.54) is 35.9 Å². The van der Waals surface area contributed by atoms with E-state index in [0.717, 1.165) is 4.47 Å². The van der Waals surface area contributed by atoms with Gasteiger partial charge >= 0.3 is 7.60 Å². The quantitative estimate of drug-likeness (QED) is 0.123. The van der Waals surface area contributed by atoms with Crippen LogP contribution in [0.2, 0.25) is 0 Å². The van der Waals surface area contributed by atoms with E-state index in [1.807, 2.05) is 24.3 Å². The Morgan fingerprint density at radius 3 is 2.29 bits per heavy atom. The molecule has 1 N–H and O–H groups in total. The number of nitrogens with one attached hydrogen (secondary N) is 1. The number of fused-ring (bicyclic) bond motifs is 1. The van der Waals surface area contributed by atoms with Gasteiger partial charge in [-0.1, -0.05) is 34.1 Å². The highest BCUT2D eigenvalue weighted by Gasteiger charge is 2.37. The molecule has 1 atom stereocenters. The maximum Gasteiger partial charge on any atom is 0.357 e. The Morgan fingerprint density at radius 1 is 0.933 bits per heavy atom. The number of benzene rings is 4. The predicted octanol–water partition coefficient (Wildman–Crippen LogP) is 8.25. The lowest BCUT2D eigenvalue weighted by Crippen LogP contribution is -2.25. The number of methoxy groups -OCH3 is 1. The van der Waals surface area contributed by atoms with Gasteiger partial charge in [0.2, 0.25) is 0 Å². The molecule has 0 fully saturated rings. The van der Waals surface area contributed by atoms with Crippen molar-refractivity contribution in [2.75, 3.05) is 25.6 Å². The zero-order chi connectivity index (χ0) is 32.0. The number of hydrogen-bond acceptors (Lipinski definition) is 8. The van der Waals surface area contributed by atoms with Crippen LogP contribution in [0.5, 0.6) is 11.5 Å². The lowest BCUT2D eigenvalue weighted by Gasteiger charge is -2.28. The van der Waals surface area contributed by atoms with Crippen LogP contribution in [0.3, 0.4) is 0 Å². The van der Waals surface area contributed by atoms with Crippen LogP contribution in [0.4, 0.5) is 10.1 Å². The smallest absolute Gasteiger partial charge is 0.357 e. The van der Waals surface area contributed by atoms with Gasteiger partial charge in [-0.25, -0.2) is 9.37 Å². The standard InChI is InChI=1S/C33H32BrFN3O6P/c1-4-43-45(40,44-5-2)32(36-25-15-11-23(34)12-16-25)22-10-19-29(30(20-22)41-3)42-21-31-37-28-9-7-6-8-27(28)33(39)38(31)26-17-13-24(35)14-18-26/h6-20,32,36H,4-5,21H2,1-3H3. The molecular weight excluding hydrogens is 664 g/mol. The minimum atomic E-state index is -3.70. The van der Waals surface area contributed by atoms with Crippen molar-refractivity contribution < 1.29 is 27.5 Å². The van der Waals surface area contributed by atoms with E-state index in [0.29, 0.717) is 45.2 Å². The fraction of sp³-hybridized carbons (Fsp3) is 0.212. The fourth-order valence-electron chi connectivity index (χ4n) is 4.84. The molecule has 9 nitrogen and oxygen atoms in total. The van der Waals surface area contributed by atoms with Crippen molar-refractivity contribution in [1.29, 1.82) is 0 Å². The Hall–Kier alpha value is -4.02. The Labute approximate surface area is 268 Å². The molecule has 0 radical (unpaired) electrons. The van der Waals surface area contributed by atoms with Gasteiger partial charge in [-0.15, -0.1) is 0 Å². The van der Waals surface area contributed by atoms with Crippen molar-refractivity contribution in [3.05, 3.63) is 123 Å². The van der Waals surface area contributed by atoms with Crippen LogP contribution in [0, 0.1) is 5.82 Å². The molecule has 0 amide bonds. The Morgan fingerprint density at radius 2 is 1.62 bits per heavy atom. The van der Waals surface area contributed by atoms with E-state index >= 15 is 0 Å². The normalized spacial score (nSPS) is 12.2. The summed E-state index contributed by atoms with van der Waals surface area (Å²) in [6, 6.07) is 25.2. The van der Waals surface area contributed by atoms with Crippen LogP contribution < -0.4 is 20.3 Å². The largest absolute Gasteiger partial charge is 0.493 e. The second-order valence-corrected chi connectivity index (χ2v) is 12.8. The summed E-state index contributed by atoms with van der Waals surface area (Å²) in [6.45, 7) is 3.77. The van der Waals surface area contributed by atoms with E-state index in [1.54, 1.807) is 56.3 Å². The van der Waals surface area contributed by atoms with Gasteiger partial charge in [-0.2, -0.15) is 0 Å². The molecule has 5 aromatic rings. The van der Waals surface area contributed by atoms with Crippen molar-refractivity contribution >= 4 is 40.1 Å². The van der Waals surface area contributed by atoms with Crippen LogP contribution in [-0.2, 0) is 20.2 Å². The lowest BCUT2D eigenvalue weighted by molar-refractivity contribution is 0.214. The lowest BCUT2D eigenvalue weighted by atomic mass is 10.2. The molecule has 0 spiro atoms. The number of aromatic nitrogens is 2. The molecule has 12 heteroatoms. The van der Waals surface area contributed by atoms with Gasteiger partial charge in [0.05, 0.1) is 36.9 Å². The van der Waals surface area contributed by atoms with Gasteiger partial charge in [0, 0.05) is 10.2 Å². The average molecular weight is 697 g/mol. The molecule has 45 heavy (non-hydrogen) atoms. The van der Waals surface area contributed by atoms with Gasteiger partial charge in [-0.05, 0) is 92.2 Å². The van der Waals surface area contributed by atoms with E-state index in [4.69, 9.17) is 23.5 Å². The van der Waals surface area contributed by atoms with Gasteiger partial charge in [-0.3, -0.25) is 13.9 Å². The minimum absolute atomic E-state index is 0.107. The summed E-state index contributed by atoms with van der Waals surface area (Å²) in [6.07, 6.45) is 0. The Bertz CT molecular complexity index is 1880. The molecule has 4 aromatic carbocycles. The van der Waals surface area contributed by atoms with Crippen molar-refractivity contribution in [2.45, 2.75) is 26.2 Å². The zero-order valence-corrected chi connectivity index (χ0v) is 27.4. The second-order valence-electron chi connectivity index (χ2n) is 9.79. The third-order valence-corrected chi connectivity index (χ3v) is 9.70. The highest BCUT2D eigenvalue weighted by Crippen LogP contribution is 2.61. The maximum atomic E-state index is 14.1. The molecule has 0 aliphatic carbocycles. The van der Waals surface area contributed by atoms with Crippen molar-refractivity contribution in [3.63, 3.8) is 0 Å². The highest BCUT2D eigenvalue weighted by atomic mass is 79.9. The molecule has 1 unspecified atom stereocenters. The van der Waals surface area contributed by atoms with Crippen molar-refractivity contribution in [3.8, 4) is 17.2 Å². The summed E-state index contributed by atoms with van der Waals surface area (Å²) < 4.78 is 53.4. The number of para-hydroxylation sites is 1. The Kier molecular flexibility index (Phi) is 10.4. The summed E-state index contributed by atoms with van der Waals surface area (Å²) in [5.74, 6) is -0.268. The molecule has 0 saturated carbocycles. The highest BCUT2D eigenvalue weighted by molar-refractivity contribution is 9.10. The van der Waals surface area contributed by atoms with Crippen LogP contribution in [0.25, 0.3) is 16.6 Å². The van der Waals surface area contributed by atoms with Gasteiger partial charge in [0.25, 0.3) is 5.56 Å². The van der Waals surface area contributed by atoms with E-state index < -0.39 is 19.2 Å². The summed E-state index contributed by atoms with van der Waals surface area (Å²) in [7, 11) is -2.21. The Balaban J connectivity index is 1.51. The number of anilines is 1. The first-order valence-corrected chi connectivity index (χ1v) is 16.6. The molecule has 1 aromatic heterocycles. The molecular formula is C33H32BrFN3O6P. The first kappa shape index (κ1) is 32.4. The van der Waals surface area contributed by atoms with Crippen molar-refractivity contribution in [1.82, 2.24) is 9.55 Å². The number of rotatable bonds is 13. The average Bonchev–Trinajstić information content (AvgIpc) is 3.04.